The molecule has 0 aromatic heterocycles. The lowest BCUT2D eigenvalue weighted by Gasteiger charge is -2.07. The number of benzene rings is 2. The molecule has 0 radical (unpaired) electrons. The van der Waals surface area contributed by atoms with E-state index in [1.165, 1.54) is 6.08 Å². The van der Waals surface area contributed by atoms with E-state index in [2.05, 4.69) is 5.32 Å². The van der Waals surface area contributed by atoms with Crippen LogP contribution < -0.4 is 5.32 Å². The molecule has 2 aromatic rings. The van der Waals surface area contributed by atoms with Crippen molar-refractivity contribution in [2.75, 3.05) is 5.32 Å². The third-order valence-corrected chi connectivity index (χ3v) is 3.71. The Balaban J connectivity index is 2.18. The number of nitrogens with one attached hydrogen (secondary N) is 1. The standard InChI is InChI=1S/C21H21NO2/c1-4-5-6-10-20(23)22-19-9-7-8-17(14-19)21(24)18-12-11-15(2)16(3)13-18/h4-14H,1-3H3,(H,22,23)/b5-4+,10-6+. The average Bonchev–Trinajstić information content (AvgIpc) is 2.57. The van der Waals surface area contributed by atoms with Gasteiger partial charge in [-0.3, -0.25) is 9.59 Å². The van der Waals surface area contributed by atoms with Gasteiger partial charge in [-0.15, -0.1) is 0 Å². The molecule has 3 nitrogen and oxygen atoms in total. The molecule has 24 heavy (non-hydrogen) atoms. The summed E-state index contributed by atoms with van der Waals surface area (Å²) >= 11 is 0. The van der Waals surface area contributed by atoms with Crippen LogP contribution in [0.1, 0.15) is 34.0 Å². The predicted octanol–water partition coefficient (Wildman–Crippen LogP) is 4.61. The van der Waals surface area contributed by atoms with Crippen LogP contribution in [0, 0.1) is 13.8 Å². The summed E-state index contributed by atoms with van der Waals surface area (Å²) in [6.45, 7) is 5.88. The number of carbonyl (C=O) groups excluding carboxylic acids is 2. The Morgan fingerprint density at radius 1 is 0.917 bits per heavy atom. The molecular formula is C21H21NO2. The Morgan fingerprint density at radius 3 is 2.38 bits per heavy atom. The fourth-order valence-electron chi connectivity index (χ4n) is 2.23. The molecule has 0 heterocycles. The molecule has 2 aromatic carbocycles. The first-order valence-electron chi connectivity index (χ1n) is 7.83. The highest BCUT2D eigenvalue weighted by Crippen LogP contribution is 2.17. The van der Waals surface area contributed by atoms with Crippen LogP contribution in [0.5, 0.6) is 0 Å². The van der Waals surface area contributed by atoms with Gasteiger partial charge in [0.15, 0.2) is 5.78 Å². The van der Waals surface area contributed by atoms with Crippen LogP contribution in [0.2, 0.25) is 0 Å². The number of rotatable bonds is 5. The van der Waals surface area contributed by atoms with E-state index < -0.39 is 0 Å². The summed E-state index contributed by atoms with van der Waals surface area (Å²) in [5.41, 5.74) is 4.03. The van der Waals surface area contributed by atoms with Crippen LogP contribution in [0.3, 0.4) is 0 Å². The summed E-state index contributed by atoms with van der Waals surface area (Å²) in [7, 11) is 0. The maximum atomic E-state index is 12.6. The minimum Gasteiger partial charge on any atom is -0.322 e. The zero-order valence-corrected chi connectivity index (χ0v) is 14.2. The van der Waals surface area contributed by atoms with E-state index in [4.69, 9.17) is 0 Å². The Morgan fingerprint density at radius 2 is 1.67 bits per heavy atom. The lowest BCUT2D eigenvalue weighted by atomic mass is 9.99. The number of hydrogen-bond donors (Lipinski definition) is 1. The summed E-state index contributed by atoms with van der Waals surface area (Å²) in [5, 5.41) is 2.76. The van der Waals surface area contributed by atoms with Crippen LogP contribution in [-0.2, 0) is 4.79 Å². The fraction of sp³-hybridized carbons (Fsp3) is 0.143. The van der Waals surface area contributed by atoms with Gasteiger partial charge in [0, 0.05) is 22.9 Å². The van der Waals surface area contributed by atoms with Crippen molar-refractivity contribution < 1.29 is 9.59 Å². The largest absolute Gasteiger partial charge is 0.322 e. The fourth-order valence-corrected chi connectivity index (χ4v) is 2.23. The number of ketones is 1. The van der Waals surface area contributed by atoms with Crippen molar-refractivity contribution in [2.24, 2.45) is 0 Å². The number of hydrogen-bond acceptors (Lipinski definition) is 2. The van der Waals surface area contributed by atoms with Crippen LogP contribution in [-0.4, -0.2) is 11.7 Å². The van der Waals surface area contributed by atoms with Gasteiger partial charge in [0.05, 0.1) is 0 Å². The molecule has 3 heteroatoms. The maximum Gasteiger partial charge on any atom is 0.248 e. The highest BCUT2D eigenvalue weighted by molar-refractivity contribution is 6.10. The van der Waals surface area contributed by atoms with Gasteiger partial charge in [0.25, 0.3) is 0 Å². The Hall–Kier alpha value is -2.94. The summed E-state index contributed by atoms with van der Waals surface area (Å²) in [6.07, 6.45) is 6.73. The average molecular weight is 319 g/mol. The molecule has 0 bridgehead atoms. The lowest BCUT2D eigenvalue weighted by Crippen LogP contribution is -2.09. The SMILES string of the molecule is C/C=C/C=C/C(=O)Nc1cccc(C(=O)c2ccc(C)c(C)c2)c1. The second-order valence-corrected chi connectivity index (χ2v) is 5.58. The van der Waals surface area contributed by atoms with Gasteiger partial charge in [-0.1, -0.05) is 42.5 Å². The van der Waals surface area contributed by atoms with Crippen LogP contribution in [0.4, 0.5) is 5.69 Å². The van der Waals surface area contributed by atoms with E-state index in [0.29, 0.717) is 16.8 Å². The topological polar surface area (TPSA) is 46.2 Å². The van der Waals surface area contributed by atoms with E-state index in [0.717, 1.165) is 11.1 Å². The molecule has 0 saturated heterocycles. The van der Waals surface area contributed by atoms with Crippen molar-refractivity contribution in [3.05, 3.63) is 89.0 Å². The highest BCUT2D eigenvalue weighted by Gasteiger charge is 2.11. The molecule has 0 unspecified atom stereocenters. The van der Waals surface area contributed by atoms with Gasteiger partial charge >= 0.3 is 0 Å². The van der Waals surface area contributed by atoms with Gasteiger partial charge in [-0.05, 0) is 50.1 Å². The second-order valence-electron chi connectivity index (χ2n) is 5.58. The Labute approximate surface area is 142 Å². The lowest BCUT2D eigenvalue weighted by molar-refractivity contribution is -0.111. The molecule has 0 fully saturated rings. The monoisotopic (exact) mass is 319 g/mol. The summed E-state index contributed by atoms with van der Waals surface area (Å²) < 4.78 is 0. The van der Waals surface area contributed by atoms with Gasteiger partial charge < -0.3 is 5.32 Å². The molecule has 0 aliphatic heterocycles. The van der Waals surface area contributed by atoms with Crippen molar-refractivity contribution in [1.82, 2.24) is 0 Å². The molecular weight excluding hydrogens is 298 g/mol. The molecule has 122 valence electrons. The zero-order valence-electron chi connectivity index (χ0n) is 14.2. The van der Waals surface area contributed by atoms with E-state index in [9.17, 15) is 9.59 Å². The number of amides is 1. The van der Waals surface area contributed by atoms with Crippen molar-refractivity contribution in [3.63, 3.8) is 0 Å². The van der Waals surface area contributed by atoms with Gasteiger partial charge in [0.2, 0.25) is 5.91 Å². The summed E-state index contributed by atoms with van der Waals surface area (Å²) in [5.74, 6) is -0.289. The van der Waals surface area contributed by atoms with Gasteiger partial charge in [0.1, 0.15) is 0 Å². The molecule has 1 N–H and O–H groups in total. The smallest absolute Gasteiger partial charge is 0.248 e. The molecule has 0 spiro atoms. The molecule has 2 rings (SSSR count). The summed E-state index contributed by atoms with van der Waals surface area (Å²) in [4.78, 5) is 24.4. The van der Waals surface area contributed by atoms with Crippen molar-refractivity contribution in [3.8, 4) is 0 Å². The zero-order chi connectivity index (χ0) is 17.5. The summed E-state index contributed by atoms with van der Waals surface area (Å²) in [6, 6.07) is 12.6. The van der Waals surface area contributed by atoms with Gasteiger partial charge in [-0.2, -0.15) is 0 Å². The predicted molar refractivity (Wildman–Crippen MR) is 98.4 cm³/mol. The van der Waals surface area contributed by atoms with E-state index in [1.807, 2.05) is 45.0 Å². The minimum atomic E-state index is -0.233. The number of aryl methyl sites for hydroxylation is 2. The molecule has 0 saturated carbocycles. The van der Waals surface area contributed by atoms with Crippen molar-refractivity contribution in [1.29, 1.82) is 0 Å². The Bertz CT molecular complexity index is 816. The first-order chi connectivity index (χ1) is 11.5. The third-order valence-electron chi connectivity index (χ3n) is 3.71. The van der Waals surface area contributed by atoms with Crippen LogP contribution in [0.15, 0.2) is 66.8 Å². The second kappa shape index (κ2) is 8.06. The molecule has 1 amide bonds. The number of carbonyl (C=O) groups is 2. The number of allylic oxidation sites excluding steroid dienone is 3. The van der Waals surface area contributed by atoms with Gasteiger partial charge in [-0.25, -0.2) is 0 Å². The van der Waals surface area contributed by atoms with Crippen LogP contribution >= 0.6 is 0 Å². The number of anilines is 1. The maximum absolute atomic E-state index is 12.6. The highest BCUT2D eigenvalue weighted by atomic mass is 16.1. The normalized spacial score (nSPS) is 11.1. The Kier molecular flexibility index (Phi) is 5.85. The minimum absolute atomic E-state index is 0.0568. The first kappa shape index (κ1) is 17.4. The van der Waals surface area contributed by atoms with E-state index >= 15 is 0 Å². The molecule has 0 aliphatic carbocycles. The van der Waals surface area contributed by atoms with Crippen molar-refractivity contribution in [2.45, 2.75) is 20.8 Å². The van der Waals surface area contributed by atoms with E-state index in [-0.39, 0.29) is 11.7 Å². The van der Waals surface area contributed by atoms with Crippen molar-refractivity contribution >= 4 is 17.4 Å². The first-order valence-corrected chi connectivity index (χ1v) is 7.83. The molecule has 0 atom stereocenters. The molecule has 0 aliphatic rings. The third kappa shape index (κ3) is 4.53. The van der Waals surface area contributed by atoms with Crippen LogP contribution in [0.25, 0.3) is 0 Å². The quantitative estimate of drug-likeness (QED) is 0.497. The van der Waals surface area contributed by atoms with E-state index in [1.54, 1.807) is 36.4 Å².